The molecule has 1 aliphatic rings. The molecule has 0 bridgehead atoms. The molecule has 0 spiro atoms. The molecule has 1 unspecified atom stereocenters. The molecule has 16 heavy (non-hydrogen) atoms. The third-order valence-corrected chi connectivity index (χ3v) is 3.09. The fourth-order valence-electron chi connectivity index (χ4n) is 2.12. The Morgan fingerprint density at radius 2 is 2.25 bits per heavy atom. The molecule has 1 aromatic carbocycles. The molecule has 2 heteroatoms. The number of benzene rings is 1. The summed E-state index contributed by atoms with van der Waals surface area (Å²) in [5, 5.41) is 3.41. The van der Waals surface area contributed by atoms with Gasteiger partial charge in [-0.15, -0.1) is 0 Å². The van der Waals surface area contributed by atoms with Crippen molar-refractivity contribution in [3.63, 3.8) is 0 Å². The van der Waals surface area contributed by atoms with Crippen LogP contribution in [0.1, 0.15) is 37.8 Å². The minimum atomic E-state index is 0.505. The Labute approximate surface area is 98.0 Å². The summed E-state index contributed by atoms with van der Waals surface area (Å²) in [5.41, 5.74) is 1.36. The minimum Gasteiger partial charge on any atom is -0.494 e. The Hall–Kier alpha value is -1.02. The molecule has 0 amide bonds. The van der Waals surface area contributed by atoms with Crippen LogP contribution in [0.25, 0.3) is 0 Å². The SMILES string of the molecule is CCCOc1cccc(C(NC)C2CC2)c1. The summed E-state index contributed by atoms with van der Waals surface area (Å²) >= 11 is 0. The molecule has 1 aromatic rings. The van der Waals surface area contributed by atoms with Crippen molar-refractivity contribution in [1.82, 2.24) is 5.32 Å². The maximum absolute atomic E-state index is 5.66. The lowest BCUT2D eigenvalue weighted by molar-refractivity contribution is 0.316. The second kappa shape index (κ2) is 5.35. The third-order valence-electron chi connectivity index (χ3n) is 3.09. The highest BCUT2D eigenvalue weighted by atomic mass is 16.5. The molecule has 2 nitrogen and oxygen atoms in total. The summed E-state index contributed by atoms with van der Waals surface area (Å²) < 4.78 is 5.66. The van der Waals surface area contributed by atoms with Crippen LogP contribution in [-0.2, 0) is 0 Å². The predicted molar refractivity (Wildman–Crippen MR) is 66.8 cm³/mol. The lowest BCUT2D eigenvalue weighted by atomic mass is 10.0. The van der Waals surface area contributed by atoms with Gasteiger partial charge in [-0.2, -0.15) is 0 Å². The summed E-state index contributed by atoms with van der Waals surface area (Å²) in [6.45, 7) is 2.93. The molecule has 0 heterocycles. The van der Waals surface area contributed by atoms with Crippen molar-refractivity contribution in [3.05, 3.63) is 29.8 Å². The number of hydrogen-bond acceptors (Lipinski definition) is 2. The van der Waals surface area contributed by atoms with Gasteiger partial charge < -0.3 is 10.1 Å². The molecule has 0 aliphatic heterocycles. The first-order chi connectivity index (χ1) is 7.85. The molecule has 1 atom stereocenters. The standard InChI is InChI=1S/C14H21NO/c1-3-9-16-13-6-4-5-12(10-13)14(15-2)11-7-8-11/h4-6,10-11,14-15H,3,7-9H2,1-2H3. The Morgan fingerprint density at radius 3 is 2.88 bits per heavy atom. The molecule has 0 saturated heterocycles. The van der Waals surface area contributed by atoms with Gasteiger partial charge in [-0.05, 0) is 49.9 Å². The van der Waals surface area contributed by atoms with Crippen LogP contribution in [0.15, 0.2) is 24.3 Å². The van der Waals surface area contributed by atoms with Crippen LogP contribution in [0.5, 0.6) is 5.75 Å². The molecule has 1 N–H and O–H groups in total. The first kappa shape index (κ1) is 11.5. The van der Waals surface area contributed by atoms with E-state index in [0.717, 1.165) is 24.7 Å². The van der Waals surface area contributed by atoms with Crippen molar-refractivity contribution in [1.29, 1.82) is 0 Å². The van der Waals surface area contributed by atoms with E-state index in [2.05, 4.69) is 30.4 Å². The second-order valence-electron chi connectivity index (χ2n) is 4.52. The lowest BCUT2D eigenvalue weighted by Gasteiger charge is -2.16. The van der Waals surface area contributed by atoms with Crippen molar-refractivity contribution < 1.29 is 4.74 Å². The zero-order valence-electron chi connectivity index (χ0n) is 10.2. The van der Waals surface area contributed by atoms with Crippen LogP contribution < -0.4 is 10.1 Å². The number of rotatable bonds is 6. The minimum absolute atomic E-state index is 0.505. The van der Waals surface area contributed by atoms with E-state index >= 15 is 0 Å². The van der Waals surface area contributed by atoms with Crippen molar-refractivity contribution >= 4 is 0 Å². The van der Waals surface area contributed by atoms with E-state index in [4.69, 9.17) is 4.74 Å². The van der Waals surface area contributed by atoms with E-state index in [-0.39, 0.29) is 0 Å². The monoisotopic (exact) mass is 219 g/mol. The average molecular weight is 219 g/mol. The van der Waals surface area contributed by atoms with Crippen LogP contribution in [0.4, 0.5) is 0 Å². The third kappa shape index (κ3) is 2.76. The van der Waals surface area contributed by atoms with Gasteiger partial charge >= 0.3 is 0 Å². The lowest BCUT2D eigenvalue weighted by Crippen LogP contribution is -2.18. The summed E-state index contributed by atoms with van der Waals surface area (Å²) in [5.74, 6) is 1.83. The van der Waals surface area contributed by atoms with Crippen LogP contribution in [0.2, 0.25) is 0 Å². The molecule has 1 aliphatic carbocycles. The van der Waals surface area contributed by atoms with Crippen molar-refractivity contribution in [2.45, 2.75) is 32.2 Å². The van der Waals surface area contributed by atoms with Gasteiger partial charge in [-0.1, -0.05) is 19.1 Å². The van der Waals surface area contributed by atoms with Gasteiger partial charge in [0.05, 0.1) is 6.61 Å². The Morgan fingerprint density at radius 1 is 1.44 bits per heavy atom. The molecule has 2 rings (SSSR count). The summed E-state index contributed by atoms with van der Waals surface area (Å²) in [4.78, 5) is 0. The normalized spacial score (nSPS) is 17.1. The van der Waals surface area contributed by atoms with Crippen molar-refractivity contribution in [2.24, 2.45) is 5.92 Å². The van der Waals surface area contributed by atoms with Gasteiger partial charge in [0.15, 0.2) is 0 Å². The highest BCUT2D eigenvalue weighted by Gasteiger charge is 2.31. The summed E-state index contributed by atoms with van der Waals surface area (Å²) in [6, 6.07) is 9.00. The van der Waals surface area contributed by atoms with Crippen molar-refractivity contribution in [2.75, 3.05) is 13.7 Å². The fourth-order valence-corrected chi connectivity index (χ4v) is 2.12. The van der Waals surface area contributed by atoms with Crippen LogP contribution in [0, 0.1) is 5.92 Å². The quantitative estimate of drug-likeness (QED) is 0.793. The molecular formula is C14H21NO. The van der Waals surface area contributed by atoms with E-state index in [1.165, 1.54) is 18.4 Å². The average Bonchev–Trinajstić information content (AvgIpc) is 3.12. The zero-order valence-corrected chi connectivity index (χ0v) is 10.2. The number of nitrogens with one attached hydrogen (secondary N) is 1. The number of hydrogen-bond donors (Lipinski definition) is 1. The van der Waals surface area contributed by atoms with E-state index < -0.39 is 0 Å². The fraction of sp³-hybridized carbons (Fsp3) is 0.571. The van der Waals surface area contributed by atoms with Crippen LogP contribution >= 0.6 is 0 Å². The number of ether oxygens (including phenoxy) is 1. The Kier molecular flexibility index (Phi) is 3.83. The molecule has 1 saturated carbocycles. The highest BCUT2D eigenvalue weighted by Crippen LogP contribution is 2.41. The van der Waals surface area contributed by atoms with Crippen LogP contribution in [-0.4, -0.2) is 13.7 Å². The molecule has 1 fully saturated rings. The second-order valence-corrected chi connectivity index (χ2v) is 4.52. The predicted octanol–water partition coefficient (Wildman–Crippen LogP) is 3.15. The van der Waals surface area contributed by atoms with Gasteiger partial charge in [0, 0.05) is 6.04 Å². The van der Waals surface area contributed by atoms with E-state index in [1.54, 1.807) is 0 Å². The Bertz CT molecular complexity index is 333. The molecular weight excluding hydrogens is 198 g/mol. The summed E-state index contributed by atoms with van der Waals surface area (Å²) in [7, 11) is 2.04. The van der Waals surface area contributed by atoms with Gasteiger partial charge in [-0.25, -0.2) is 0 Å². The van der Waals surface area contributed by atoms with Gasteiger partial charge in [0.25, 0.3) is 0 Å². The maximum atomic E-state index is 5.66. The largest absolute Gasteiger partial charge is 0.494 e. The van der Waals surface area contributed by atoms with Gasteiger partial charge in [-0.3, -0.25) is 0 Å². The first-order valence-electron chi connectivity index (χ1n) is 6.25. The highest BCUT2D eigenvalue weighted by molar-refractivity contribution is 5.31. The van der Waals surface area contributed by atoms with Gasteiger partial charge in [0.1, 0.15) is 5.75 Å². The summed E-state index contributed by atoms with van der Waals surface area (Å²) in [6.07, 6.45) is 3.76. The maximum Gasteiger partial charge on any atom is 0.119 e. The van der Waals surface area contributed by atoms with E-state index in [0.29, 0.717) is 6.04 Å². The smallest absolute Gasteiger partial charge is 0.119 e. The van der Waals surface area contributed by atoms with E-state index in [1.807, 2.05) is 13.1 Å². The molecule has 88 valence electrons. The Balaban J connectivity index is 2.07. The van der Waals surface area contributed by atoms with Crippen molar-refractivity contribution in [3.8, 4) is 5.75 Å². The van der Waals surface area contributed by atoms with E-state index in [9.17, 15) is 0 Å². The van der Waals surface area contributed by atoms with Gasteiger partial charge in [0.2, 0.25) is 0 Å². The zero-order chi connectivity index (χ0) is 11.4. The molecule has 0 aromatic heterocycles. The first-order valence-corrected chi connectivity index (χ1v) is 6.25. The molecule has 0 radical (unpaired) electrons. The van der Waals surface area contributed by atoms with Crippen LogP contribution in [0.3, 0.4) is 0 Å². The topological polar surface area (TPSA) is 21.3 Å².